The molecule has 106 valence electrons. The Bertz CT molecular complexity index is 708. The lowest BCUT2D eigenvalue weighted by Gasteiger charge is -2.08. The van der Waals surface area contributed by atoms with Crippen molar-refractivity contribution >= 4 is 11.4 Å². The van der Waals surface area contributed by atoms with Crippen LogP contribution in [0, 0.1) is 21.4 Å². The standard InChI is InChI=1S/C15H13N3O3/c1-21-13-4-2-3-12(7-13)10-17-14-8-11(9-16)5-6-15(14)18(19)20/h2-8,17H,10H2,1H3. The predicted octanol–water partition coefficient (Wildman–Crippen LogP) is 3.09. The molecule has 0 amide bonds. The van der Waals surface area contributed by atoms with Crippen LogP contribution in [0.4, 0.5) is 11.4 Å². The van der Waals surface area contributed by atoms with E-state index in [1.807, 2.05) is 30.3 Å². The number of nitro benzene ring substituents is 1. The summed E-state index contributed by atoms with van der Waals surface area (Å²) in [5.74, 6) is 0.717. The monoisotopic (exact) mass is 283 g/mol. The van der Waals surface area contributed by atoms with Crippen molar-refractivity contribution < 1.29 is 9.66 Å². The first kappa shape index (κ1) is 14.3. The van der Waals surface area contributed by atoms with Gasteiger partial charge in [0.2, 0.25) is 0 Å². The summed E-state index contributed by atoms with van der Waals surface area (Å²) in [6.45, 7) is 0.396. The first-order chi connectivity index (χ1) is 10.1. The van der Waals surface area contributed by atoms with E-state index >= 15 is 0 Å². The van der Waals surface area contributed by atoms with Crippen LogP contribution in [-0.2, 0) is 6.54 Å². The summed E-state index contributed by atoms with van der Waals surface area (Å²) < 4.78 is 5.13. The second kappa shape index (κ2) is 6.39. The molecule has 21 heavy (non-hydrogen) atoms. The van der Waals surface area contributed by atoms with E-state index in [1.165, 1.54) is 18.2 Å². The van der Waals surface area contributed by atoms with Gasteiger partial charge in [-0.1, -0.05) is 12.1 Å². The minimum atomic E-state index is -0.477. The summed E-state index contributed by atoms with van der Waals surface area (Å²) in [5, 5.41) is 22.9. The molecule has 2 aromatic carbocycles. The van der Waals surface area contributed by atoms with Gasteiger partial charge in [-0.15, -0.1) is 0 Å². The van der Waals surface area contributed by atoms with Gasteiger partial charge in [-0.2, -0.15) is 5.26 Å². The minimum absolute atomic E-state index is 0.0584. The van der Waals surface area contributed by atoms with Crippen molar-refractivity contribution in [3.05, 3.63) is 63.7 Å². The molecule has 0 spiro atoms. The summed E-state index contributed by atoms with van der Waals surface area (Å²) in [7, 11) is 1.58. The number of rotatable bonds is 5. The maximum Gasteiger partial charge on any atom is 0.292 e. The molecule has 0 atom stereocenters. The fraction of sp³-hybridized carbons (Fsp3) is 0.133. The van der Waals surface area contributed by atoms with Gasteiger partial charge in [0.1, 0.15) is 11.4 Å². The van der Waals surface area contributed by atoms with Crippen molar-refractivity contribution in [3.63, 3.8) is 0 Å². The van der Waals surface area contributed by atoms with Gasteiger partial charge in [-0.05, 0) is 29.8 Å². The lowest BCUT2D eigenvalue weighted by Crippen LogP contribution is -2.03. The largest absolute Gasteiger partial charge is 0.497 e. The smallest absolute Gasteiger partial charge is 0.292 e. The Hall–Kier alpha value is -3.07. The molecule has 6 heteroatoms. The summed E-state index contributed by atoms with van der Waals surface area (Å²) in [6.07, 6.45) is 0. The zero-order valence-corrected chi connectivity index (χ0v) is 11.4. The number of benzene rings is 2. The SMILES string of the molecule is COc1cccc(CNc2cc(C#N)ccc2[N+](=O)[O-])c1. The van der Waals surface area contributed by atoms with E-state index in [0.29, 0.717) is 17.8 Å². The fourth-order valence-corrected chi connectivity index (χ4v) is 1.89. The molecular formula is C15H13N3O3. The van der Waals surface area contributed by atoms with E-state index in [0.717, 1.165) is 11.3 Å². The average Bonchev–Trinajstić information content (AvgIpc) is 2.52. The maximum absolute atomic E-state index is 11.0. The zero-order chi connectivity index (χ0) is 15.2. The minimum Gasteiger partial charge on any atom is -0.497 e. The molecule has 0 aliphatic heterocycles. The molecular weight excluding hydrogens is 270 g/mol. The van der Waals surface area contributed by atoms with Crippen molar-refractivity contribution in [1.29, 1.82) is 5.26 Å². The quantitative estimate of drug-likeness (QED) is 0.673. The summed E-state index contributed by atoms with van der Waals surface area (Å²) in [5.41, 5.74) is 1.55. The number of anilines is 1. The average molecular weight is 283 g/mol. The zero-order valence-electron chi connectivity index (χ0n) is 11.4. The Morgan fingerprint density at radius 3 is 2.81 bits per heavy atom. The predicted molar refractivity (Wildman–Crippen MR) is 78.1 cm³/mol. The molecule has 0 aliphatic carbocycles. The molecule has 0 aromatic heterocycles. The number of methoxy groups -OCH3 is 1. The highest BCUT2D eigenvalue weighted by Crippen LogP contribution is 2.26. The molecule has 6 nitrogen and oxygen atoms in total. The lowest BCUT2D eigenvalue weighted by atomic mass is 10.1. The van der Waals surface area contributed by atoms with E-state index in [4.69, 9.17) is 10.00 Å². The van der Waals surface area contributed by atoms with Crippen LogP contribution in [0.2, 0.25) is 0 Å². The van der Waals surface area contributed by atoms with E-state index in [2.05, 4.69) is 5.32 Å². The van der Waals surface area contributed by atoms with Gasteiger partial charge in [0.05, 0.1) is 23.7 Å². The third kappa shape index (κ3) is 3.48. The molecule has 0 saturated heterocycles. The van der Waals surface area contributed by atoms with E-state index in [1.54, 1.807) is 7.11 Å². The molecule has 0 saturated carbocycles. The number of nitrogens with zero attached hydrogens (tertiary/aromatic N) is 2. The third-order valence-corrected chi connectivity index (χ3v) is 2.94. The van der Waals surface area contributed by atoms with Crippen molar-refractivity contribution in [2.45, 2.75) is 6.54 Å². The molecule has 2 aromatic rings. The van der Waals surface area contributed by atoms with Crippen molar-refractivity contribution in [2.24, 2.45) is 0 Å². The molecule has 2 rings (SSSR count). The Morgan fingerprint density at radius 1 is 1.33 bits per heavy atom. The van der Waals surface area contributed by atoms with Crippen LogP contribution in [0.25, 0.3) is 0 Å². The van der Waals surface area contributed by atoms with Crippen LogP contribution in [0.5, 0.6) is 5.75 Å². The lowest BCUT2D eigenvalue weighted by molar-refractivity contribution is -0.384. The van der Waals surface area contributed by atoms with Gasteiger partial charge < -0.3 is 10.1 Å². The highest BCUT2D eigenvalue weighted by atomic mass is 16.6. The number of nitro groups is 1. The van der Waals surface area contributed by atoms with E-state index < -0.39 is 4.92 Å². The highest BCUT2D eigenvalue weighted by molar-refractivity contribution is 5.64. The second-order valence-electron chi connectivity index (χ2n) is 4.31. The van der Waals surface area contributed by atoms with Gasteiger partial charge >= 0.3 is 0 Å². The number of ether oxygens (including phenoxy) is 1. The van der Waals surface area contributed by atoms with Crippen LogP contribution in [-0.4, -0.2) is 12.0 Å². The van der Waals surface area contributed by atoms with Crippen molar-refractivity contribution in [2.75, 3.05) is 12.4 Å². The summed E-state index contributed by atoms with van der Waals surface area (Å²) >= 11 is 0. The number of nitrogens with one attached hydrogen (secondary N) is 1. The van der Waals surface area contributed by atoms with E-state index in [-0.39, 0.29) is 5.69 Å². The highest BCUT2D eigenvalue weighted by Gasteiger charge is 2.14. The summed E-state index contributed by atoms with van der Waals surface area (Å²) in [6, 6.07) is 13.6. The second-order valence-corrected chi connectivity index (χ2v) is 4.31. The van der Waals surface area contributed by atoms with E-state index in [9.17, 15) is 10.1 Å². The summed E-state index contributed by atoms with van der Waals surface area (Å²) in [4.78, 5) is 10.5. The molecule has 0 radical (unpaired) electrons. The Morgan fingerprint density at radius 2 is 2.14 bits per heavy atom. The molecule has 0 heterocycles. The number of nitriles is 1. The molecule has 0 bridgehead atoms. The van der Waals surface area contributed by atoms with Crippen molar-refractivity contribution in [1.82, 2.24) is 0 Å². The van der Waals surface area contributed by atoms with Gasteiger partial charge in [-0.25, -0.2) is 0 Å². The normalized spacial score (nSPS) is 9.71. The first-order valence-electron chi connectivity index (χ1n) is 6.19. The molecule has 0 aliphatic rings. The van der Waals surface area contributed by atoms with Gasteiger partial charge in [0.25, 0.3) is 5.69 Å². The third-order valence-electron chi connectivity index (χ3n) is 2.94. The maximum atomic E-state index is 11.0. The van der Waals surface area contributed by atoms with Crippen LogP contribution in [0.15, 0.2) is 42.5 Å². The van der Waals surface area contributed by atoms with Gasteiger partial charge in [0.15, 0.2) is 0 Å². The Labute approximate surface area is 121 Å². The number of hydrogen-bond acceptors (Lipinski definition) is 5. The van der Waals surface area contributed by atoms with Crippen LogP contribution >= 0.6 is 0 Å². The first-order valence-corrected chi connectivity index (χ1v) is 6.19. The topological polar surface area (TPSA) is 88.2 Å². The van der Waals surface area contributed by atoms with Gasteiger partial charge in [-0.3, -0.25) is 10.1 Å². The number of hydrogen-bond donors (Lipinski definition) is 1. The van der Waals surface area contributed by atoms with Crippen LogP contribution < -0.4 is 10.1 Å². The van der Waals surface area contributed by atoms with Gasteiger partial charge in [0, 0.05) is 12.6 Å². The fourth-order valence-electron chi connectivity index (χ4n) is 1.89. The Kier molecular flexibility index (Phi) is 4.36. The van der Waals surface area contributed by atoms with Crippen LogP contribution in [0.1, 0.15) is 11.1 Å². The Balaban J connectivity index is 2.22. The molecule has 0 fully saturated rings. The van der Waals surface area contributed by atoms with Crippen LogP contribution in [0.3, 0.4) is 0 Å². The molecule has 1 N–H and O–H groups in total. The van der Waals surface area contributed by atoms with Crippen molar-refractivity contribution in [3.8, 4) is 11.8 Å². The molecule has 0 unspecified atom stereocenters.